The fraction of sp³-hybridized carbons (Fsp3) is 0.267. The van der Waals surface area contributed by atoms with Gasteiger partial charge in [-0.1, -0.05) is 12.1 Å². The molecular weight excluding hydrogens is 299 g/mol. The Bertz CT molecular complexity index is 664. The van der Waals surface area contributed by atoms with Gasteiger partial charge >= 0.3 is 6.18 Å². The van der Waals surface area contributed by atoms with E-state index >= 15 is 0 Å². The average molecular weight is 313 g/mol. The number of amides is 1. The molecule has 1 heterocycles. The first kappa shape index (κ1) is 16.1. The van der Waals surface area contributed by atoms with E-state index < -0.39 is 23.8 Å². The Balaban J connectivity index is 2.00. The number of rotatable bonds is 4. The van der Waals surface area contributed by atoms with Crippen molar-refractivity contribution in [1.82, 2.24) is 5.32 Å². The van der Waals surface area contributed by atoms with Gasteiger partial charge < -0.3 is 14.8 Å². The third-order valence-corrected chi connectivity index (χ3v) is 3.02. The largest absolute Gasteiger partial charge is 0.456 e. The van der Waals surface area contributed by atoms with Crippen LogP contribution in [0.1, 0.15) is 33.5 Å². The predicted octanol–water partition coefficient (Wildman–Crippen LogP) is 3.07. The zero-order valence-corrected chi connectivity index (χ0v) is 11.6. The molecule has 1 aromatic heterocycles. The fourth-order valence-electron chi connectivity index (χ4n) is 1.87. The van der Waals surface area contributed by atoms with Crippen LogP contribution in [0.3, 0.4) is 0 Å². The zero-order valence-electron chi connectivity index (χ0n) is 11.6. The topological polar surface area (TPSA) is 62.5 Å². The summed E-state index contributed by atoms with van der Waals surface area (Å²) in [6, 6.07) is 7.43. The van der Waals surface area contributed by atoms with Gasteiger partial charge in [-0.3, -0.25) is 4.79 Å². The molecule has 0 unspecified atom stereocenters. The molecule has 0 aliphatic carbocycles. The molecule has 2 aromatic rings. The molecular formula is C15H14F3NO3. The van der Waals surface area contributed by atoms with Gasteiger partial charge in [0.15, 0.2) is 5.76 Å². The predicted molar refractivity (Wildman–Crippen MR) is 72.2 cm³/mol. The summed E-state index contributed by atoms with van der Waals surface area (Å²) in [6.07, 6.45) is -5.73. The van der Waals surface area contributed by atoms with E-state index in [1.54, 1.807) is 13.0 Å². The quantitative estimate of drug-likeness (QED) is 0.912. The Kier molecular flexibility index (Phi) is 4.56. The van der Waals surface area contributed by atoms with Crippen molar-refractivity contribution in [2.45, 2.75) is 19.2 Å². The minimum atomic E-state index is -4.48. The molecule has 0 aliphatic heterocycles. The van der Waals surface area contributed by atoms with Crippen molar-refractivity contribution in [1.29, 1.82) is 0 Å². The molecule has 0 radical (unpaired) electrons. The van der Waals surface area contributed by atoms with E-state index in [1.807, 2.05) is 0 Å². The van der Waals surface area contributed by atoms with Crippen LogP contribution in [0.4, 0.5) is 13.2 Å². The molecule has 1 amide bonds. The second-order valence-corrected chi connectivity index (χ2v) is 4.76. The second kappa shape index (κ2) is 6.23. The van der Waals surface area contributed by atoms with E-state index in [9.17, 15) is 23.1 Å². The first-order chi connectivity index (χ1) is 10.3. The van der Waals surface area contributed by atoms with E-state index in [0.29, 0.717) is 5.76 Å². The Morgan fingerprint density at radius 2 is 2.05 bits per heavy atom. The lowest BCUT2D eigenvalue weighted by Crippen LogP contribution is -2.28. The number of carbonyl (C=O) groups excluding carboxylic acids is 1. The molecule has 118 valence electrons. The van der Waals surface area contributed by atoms with Crippen LogP contribution in [0.2, 0.25) is 0 Å². The lowest BCUT2D eigenvalue weighted by molar-refractivity contribution is -0.137. The molecule has 0 spiro atoms. The maximum absolute atomic E-state index is 12.6. The normalized spacial score (nSPS) is 13.0. The third kappa shape index (κ3) is 3.88. The number of hydrogen-bond acceptors (Lipinski definition) is 3. The van der Waals surface area contributed by atoms with E-state index in [0.717, 1.165) is 12.1 Å². The van der Waals surface area contributed by atoms with Crippen LogP contribution in [-0.4, -0.2) is 17.6 Å². The first-order valence-corrected chi connectivity index (χ1v) is 6.47. The van der Waals surface area contributed by atoms with Gasteiger partial charge in [-0.2, -0.15) is 13.2 Å². The number of furan rings is 1. The summed E-state index contributed by atoms with van der Waals surface area (Å²) in [5, 5.41) is 12.3. The number of aliphatic hydroxyl groups is 1. The van der Waals surface area contributed by atoms with Crippen molar-refractivity contribution >= 4 is 5.91 Å². The maximum atomic E-state index is 12.6. The van der Waals surface area contributed by atoms with Gasteiger partial charge in [-0.15, -0.1) is 0 Å². The van der Waals surface area contributed by atoms with Gasteiger partial charge in [0.05, 0.1) is 11.7 Å². The average Bonchev–Trinajstić information content (AvgIpc) is 2.90. The second-order valence-electron chi connectivity index (χ2n) is 4.76. The Morgan fingerprint density at radius 3 is 2.64 bits per heavy atom. The molecule has 2 rings (SSSR count). The number of carbonyl (C=O) groups is 1. The Labute approximate surface area is 124 Å². The number of benzene rings is 1. The van der Waals surface area contributed by atoms with Crippen molar-refractivity contribution in [3.63, 3.8) is 0 Å². The van der Waals surface area contributed by atoms with Gasteiger partial charge in [0.1, 0.15) is 5.76 Å². The minimum Gasteiger partial charge on any atom is -0.456 e. The molecule has 7 heteroatoms. The highest BCUT2D eigenvalue weighted by Gasteiger charge is 2.30. The molecule has 0 saturated heterocycles. The number of halogens is 3. The van der Waals surface area contributed by atoms with Gasteiger partial charge in [-0.05, 0) is 36.8 Å². The molecule has 0 saturated carbocycles. The summed E-state index contributed by atoms with van der Waals surface area (Å²) < 4.78 is 42.9. The summed E-state index contributed by atoms with van der Waals surface area (Å²) in [5.41, 5.74) is -0.775. The lowest BCUT2D eigenvalue weighted by Gasteiger charge is -2.14. The highest BCUT2D eigenvalue weighted by atomic mass is 19.4. The van der Waals surface area contributed by atoms with Crippen LogP contribution < -0.4 is 5.32 Å². The summed E-state index contributed by atoms with van der Waals surface area (Å²) in [6.45, 7) is 1.45. The van der Waals surface area contributed by atoms with Crippen LogP contribution in [0.15, 0.2) is 40.8 Å². The van der Waals surface area contributed by atoms with Gasteiger partial charge in [-0.25, -0.2) is 0 Å². The molecule has 1 atom stereocenters. The van der Waals surface area contributed by atoms with Crippen molar-refractivity contribution in [3.8, 4) is 0 Å². The fourth-order valence-corrected chi connectivity index (χ4v) is 1.87. The summed E-state index contributed by atoms with van der Waals surface area (Å²) >= 11 is 0. The molecule has 0 aliphatic rings. The maximum Gasteiger partial charge on any atom is 0.416 e. The van der Waals surface area contributed by atoms with Crippen LogP contribution >= 0.6 is 0 Å². The monoisotopic (exact) mass is 313 g/mol. The Hall–Kier alpha value is -2.28. The first-order valence-electron chi connectivity index (χ1n) is 6.47. The number of aliphatic hydroxyl groups excluding tert-OH is 1. The van der Waals surface area contributed by atoms with Crippen molar-refractivity contribution in [2.75, 3.05) is 6.54 Å². The molecule has 4 nitrogen and oxygen atoms in total. The van der Waals surface area contributed by atoms with Crippen molar-refractivity contribution in [2.24, 2.45) is 0 Å². The molecule has 0 fully saturated rings. The molecule has 0 bridgehead atoms. The highest BCUT2D eigenvalue weighted by Crippen LogP contribution is 2.30. The zero-order chi connectivity index (χ0) is 16.3. The number of alkyl halides is 3. The summed E-state index contributed by atoms with van der Waals surface area (Å²) in [4.78, 5) is 11.7. The standard InChI is InChI=1S/C15H14F3NO3/c1-9-5-6-13(22-9)14(21)19-8-12(20)10-3-2-4-11(7-10)15(16,17)18/h2-7,12,20H,8H2,1H3,(H,19,21)/t12-/m0/s1. The molecule has 2 N–H and O–H groups in total. The van der Waals surface area contributed by atoms with Crippen LogP contribution in [-0.2, 0) is 6.18 Å². The van der Waals surface area contributed by atoms with Crippen LogP contribution in [0.5, 0.6) is 0 Å². The summed E-state index contributed by atoms with van der Waals surface area (Å²) in [5.74, 6) is 0.0939. The van der Waals surface area contributed by atoms with Crippen molar-refractivity contribution < 1.29 is 27.5 Å². The van der Waals surface area contributed by atoms with Crippen LogP contribution in [0, 0.1) is 6.92 Å². The van der Waals surface area contributed by atoms with E-state index in [2.05, 4.69) is 5.32 Å². The number of hydrogen-bond donors (Lipinski definition) is 2. The molecule has 22 heavy (non-hydrogen) atoms. The smallest absolute Gasteiger partial charge is 0.416 e. The number of aryl methyl sites for hydroxylation is 1. The van der Waals surface area contributed by atoms with Gasteiger partial charge in [0.25, 0.3) is 5.91 Å². The molecule has 1 aromatic carbocycles. The third-order valence-electron chi connectivity index (χ3n) is 3.02. The van der Waals surface area contributed by atoms with Gasteiger partial charge in [0, 0.05) is 6.54 Å². The Morgan fingerprint density at radius 1 is 1.32 bits per heavy atom. The number of nitrogens with one attached hydrogen (secondary N) is 1. The lowest BCUT2D eigenvalue weighted by atomic mass is 10.1. The SMILES string of the molecule is Cc1ccc(C(=O)NC[C@H](O)c2cccc(C(F)(F)F)c2)o1. The van der Waals surface area contributed by atoms with Gasteiger partial charge in [0.2, 0.25) is 0 Å². The van der Waals surface area contributed by atoms with E-state index in [-0.39, 0.29) is 17.9 Å². The van der Waals surface area contributed by atoms with E-state index in [1.165, 1.54) is 18.2 Å². The van der Waals surface area contributed by atoms with E-state index in [4.69, 9.17) is 4.42 Å². The van der Waals surface area contributed by atoms with Crippen molar-refractivity contribution in [3.05, 3.63) is 59.0 Å². The highest BCUT2D eigenvalue weighted by molar-refractivity contribution is 5.91. The summed E-state index contributed by atoms with van der Waals surface area (Å²) in [7, 11) is 0. The minimum absolute atomic E-state index is 0.0748. The van der Waals surface area contributed by atoms with Crippen LogP contribution in [0.25, 0.3) is 0 Å².